The van der Waals surface area contributed by atoms with Crippen LogP contribution in [0.15, 0.2) is 36.7 Å². The molecular formula is C15H17FN4O. The Labute approximate surface area is 122 Å². The molecule has 0 saturated carbocycles. The molecule has 1 aliphatic heterocycles. The molecule has 0 radical (unpaired) electrons. The lowest BCUT2D eigenvalue weighted by Gasteiger charge is -2.22. The smallest absolute Gasteiger partial charge is 0.228 e. The van der Waals surface area contributed by atoms with E-state index in [0.29, 0.717) is 17.9 Å². The number of amides is 1. The van der Waals surface area contributed by atoms with Crippen molar-refractivity contribution in [3.8, 4) is 5.69 Å². The summed E-state index contributed by atoms with van der Waals surface area (Å²) in [6.07, 6.45) is 5.12. The van der Waals surface area contributed by atoms with Crippen molar-refractivity contribution in [2.75, 3.05) is 18.4 Å². The van der Waals surface area contributed by atoms with Gasteiger partial charge in [-0.1, -0.05) is 0 Å². The number of nitrogens with one attached hydrogen (secondary N) is 2. The number of rotatable bonds is 3. The maximum Gasteiger partial charge on any atom is 0.228 e. The Bertz CT molecular complexity index is 621. The topological polar surface area (TPSA) is 59.0 Å². The summed E-state index contributed by atoms with van der Waals surface area (Å²) >= 11 is 0. The summed E-state index contributed by atoms with van der Waals surface area (Å²) in [4.78, 5) is 12.1. The number of aromatic nitrogens is 2. The van der Waals surface area contributed by atoms with Crippen molar-refractivity contribution in [2.45, 2.75) is 12.8 Å². The van der Waals surface area contributed by atoms with E-state index < -0.39 is 5.82 Å². The van der Waals surface area contributed by atoms with E-state index in [-0.39, 0.29) is 11.8 Å². The van der Waals surface area contributed by atoms with Gasteiger partial charge in [0.15, 0.2) is 5.82 Å². The molecule has 0 aliphatic carbocycles. The highest BCUT2D eigenvalue weighted by Gasteiger charge is 2.21. The second-order valence-electron chi connectivity index (χ2n) is 5.15. The third-order valence-electron chi connectivity index (χ3n) is 3.63. The first-order valence-electron chi connectivity index (χ1n) is 7.05. The van der Waals surface area contributed by atoms with Crippen molar-refractivity contribution in [1.82, 2.24) is 15.1 Å². The third kappa shape index (κ3) is 3.11. The van der Waals surface area contributed by atoms with Crippen LogP contribution in [0.2, 0.25) is 0 Å². The number of nitrogens with zero attached hydrogens (tertiary/aromatic N) is 2. The van der Waals surface area contributed by atoms with E-state index in [1.165, 1.54) is 10.7 Å². The number of halogens is 1. The normalized spacial score (nSPS) is 18.4. The molecule has 0 bridgehead atoms. The van der Waals surface area contributed by atoms with Gasteiger partial charge in [0, 0.05) is 24.6 Å². The fourth-order valence-electron chi connectivity index (χ4n) is 2.50. The minimum atomic E-state index is -0.418. The molecule has 2 N–H and O–H groups in total. The van der Waals surface area contributed by atoms with E-state index in [1.807, 2.05) is 0 Å². The van der Waals surface area contributed by atoms with E-state index in [9.17, 15) is 9.18 Å². The number of hydrogen-bond acceptors (Lipinski definition) is 3. The third-order valence-corrected chi connectivity index (χ3v) is 3.63. The summed E-state index contributed by atoms with van der Waals surface area (Å²) in [5.41, 5.74) is 0.830. The Balaban J connectivity index is 1.72. The lowest BCUT2D eigenvalue weighted by atomic mass is 9.99. The van der Waals surface area contributed by atoms with Crippen LogP contribution in [-0.2, 0) is 4.79 Å². The van der Waals surface area contributed by atoms with E-state index in [1.54, 1.807) is 30.6 Å². The standard InChI is InChI=1S/C15H17FN4O/c16-13-9-12(4-5-14(13)20-8-2-7-18-20)19-15(21)11-3-1-6-17-10-11/h2,4-5,7-9,11,17H,1,3,6,10H2,(H,19,21). The molecular weight excluding hydrogens is 271 g/mol. The van der Waals surface area contributed by atoms with E-state index in [4.69, 9.17) is 0 Å². The zero-order valence-corrected chi connectivity index (χ0v) is 11.6. The maximum atomic E-state index is 14.1. The van der Waals surface area contributed by atoms with Crippen LogP contribution in [0.5, 0.6) is 0 Å². The molecule has 1 saturated heterocycles. The van der Waals surface area contributed by atoms with Gasteiger partial charge in [-0.15, -0.1) is 0 Å². The monoisotopic (exact) mass is 288 g/mol. The number of benzene rings is 1. The van der Waals surface area contributed by atoms with E-state index in [2.05, 4.69) is 15.7 Å². The first-order valence-corrected chi connectivity index (χ1v) is 7.05. The largest absolute Gasteiger partial charge is 0.326 e. The van der Waals surface area contributed by atoms with Gasteiger partial charge >= 0.3 is 0 Å². The Morgan fingerprint density at radius 1 is 1.48 bits per heavy atom. The minimum absolute atomic E-state index is 0.0485. The molecule has 5 nitrogen and oxygen atoms in total. The van der Waals surface area contributed by atoms with Gasteiger partial charge < -0.3 is 10.6 Å². The molecule has 3 rings (SSSR count). The highest BCUT2D eigenvalue weighted by atomic mass is 19.1. The molecule has 1 amide bonds. The molecule has 1 unspecified atom stereocenters. The summed E-state index contributed by atoms with van der Waals surface area (Å²) in [6, 6.07) is 6.35. The average molecular weight is 288 g/mol. The van der Waals surface area contributed by atoms with Crippen LogP contribution in [-0.4, -0.2) is 28.8 Å². The van der Waals surface area contributed by atoms with Gasteiger partial charge in [-0.2, -0.15) is 5.10 Å². The second-order valence-corrected chi connectivity index (χ2v) is 5.15. The molecule has 1 aliphatic rings. The van der Waals surface area contributed by atoms with Crippen molar-refractivity contribution in [3.05, 3.63) is 42.5 Å². The van der Waals surface area contributed by atoms with E-state index >= 15 is 0 Å². The first kappa shape index (κ1) is 13.8. The van der Waals surface area contributed by atoms with Crippen molar-refractivity contribution in [3.63, 3.8) is 0 Å². The maximum absolute atomic E-state index is 14.1. The molecule has 6 heteroatoms. The highest BCUT2D eigenvalue weighted by molar-refractivity contribution is 5.92. The van der Waals surface area contributed by atoms with Crippen molar-refractivity contribution in [2.24, 2.45) is 5.92 Å². The van der Waals surface area contributed by atoms with Crippen LogP contribution in [0.25, 0.3) is 5.69 Å². The lowest BCUT2D eigenvalue weighted by molar-refractivity contribution is -0.120. The van der Waals surface area contributed by atoms with Gasteiger partial charge in [-0.05, 0) is 43.7 Å². The summed E-state index contributed by atoms with van der Waals surface area (Å²) in [5.74, 6) is -0.528. The fraction of sp³-hybridized carbons (Fsp3) is 0.333. The van der Waals surface area contributed by atoms with Gasteiger partial charge in [-0.3, -0.25) is 4.79 Å². The Morgan fingerprint density at radius 2 is 2.38 bits per heavy atom. The van der Waals surface area contributed by atoms with Gasteiger partial charge in [0.05, 0.1) is 5.92 Å². The number of anilines is 1. The van der Waals surface area contributed by atoms with Crippen LogP contribution >= 0.6 is 0 Å². The van der Waals surface area contributed by atoms with Crippen molar-refractivity contribution in [1.29, 1.82) is 0 Å². The highest BCUT2D eigenvalue weighted by Crippen LogP contribution is 2.19. The number of carbonyl (C=O) groups is 1. The molecule has 110 valence electrons. The van der Waals surface area contributed by atoms with Gasteiger partial charge in [0.25, 0.3) is 0 Å². The molecule has 21 heavy (non-hydrogen) atoms. The van der Waals surface area contributed by atoms with Gasteiger partial charge in [0.2, 0.25) is 5.91 Å². The van der Waals surface area contributed by atoms with Crippen LogP contribution in [0.1, 0.15) is 12.8 Å². The molecule has 1 aromatic heterocycles. The van der Waals surface area contributed by atoms with Crippen molar-refractivity contribution < 1.29 is 9.18 Å². The zero-order valence-electron chi connectivity index (χ0n) is 11.6. The minimum Gasteiger partial charge on any atom is -0.326 e. The fourth-order valence-corrected chi connectivity index (χ4v) is 2.50. The molecule has 1 aromatic carbocycles. The number of carbonyl (C=O) groups excluding carboxylic acids is 1. The van der Waals surface area contributed by atoms with Crippen molar-refractivity contribution >= 4 is 11.6 Å². The molecule has 1 fully saturated rings. The summed E-state index contributed by atoms with van der Waals surface area (Å²) in [6.45, 7) is 1.64. The summed E-state index contributed by atoms with van der Waals surface area (Å²) in [5, 5.41) is 9.96. The average Bonchev–Trinajstić information content (AvgIpc) is 3.02. The molecule has 2 aromatic rings. The quantitative estimate of drug-likeness (QED) is 0.907. The SMILES string of the molecule is O=C(Nc1ccc(-n2cccn2)c(F)c1)C1CCCNC1. The molecule has 1 atom stereocenters. The van der Waals surface area contributed by atoms with Gasteiger partial charge in [-0.25, -0.2) is 9.07 Å². The summed E-state index contributed by atoms with van der Waals surface area (Å²) in [7, 11) is 0. The second kappa shape index (κ2) is 6.05. The molecule has 2 heterocycles. The Morgan fingerprint density at radius 3 is 3.05 bits per heavy atom. The number of piperidine rings is 1. The lowest BCUT2D eigenvalue weighted by Crippen LogP contribution is -2.37. The van der Waals surface area contributed by atoms with E-state index in [0.717, 1.165) is 19.4 Å². The van der Waals surface area contributed by atoms with Crippen LogP contribution < -0.4 is 10.6 Å². The molecule has 0 spiro atoms. The van der Waals surface area contributed by atoms with Crippen LogP contribution in [0.3, 0.4) is 0 Å². The van der Waals surface area contributed by atoms with Gasteiger partial charge in [0.1, 0.15) is 5.69 Å². The Hall–Kier alpha value is -2.21. The predicted octanol–water partition coefficient (Wildman–Crippen LogP) is 1.95. The number of hydrogen-bond donors (Lipinski definition) is 2. The first-order chi connectivity index (χ1) is 10.2. The predicted molar refractivity (Wildman–Crippen MR) is 77.7 cm³/mol. The van der Waals surface area contributed by atoms with Crippen LogP contribution in [0, 0.1) is 11.7 Å². The van der Waals surface area contributed by atoms with Crippen LogP contribution in [0.4, 0.5) is 10.1 Å². The Kier molecular flexibility index (Phi) is 3.96. The summed E-state index contributed by atoms with van der Waals surface area (Å²) < 4.78 is 15.5. The zero-order chi connectivity index (χ0) is 14.7.